The summed E-state index contributed by atoms with van der Waals surface area (Å²) in [7, 11) is 1.51. The Morgan fingerprint density at radius 2 is 1.88 bits per heavy atom. The lowest BCUT2D eigenvalue weighted by atomic mass is 10.1. The van der Waals surface area contributed by atoms with E-state index in [1.165, 1.54) is 36.1 Å². The molecule has 0 aliphatic heterocycles. The fraction of sp³-hybridized carbons (Fsp3) is 0.217. The first kappa shape index (κ1) is 21.2. The zero-order chi connectivity index (χ0) is 22.8. The van der Waals surface area contributed by atoms with Crippen molar-refractivity contribution in [2.75, 3.05) is 12.4 Å². The number of carbonyl (C=O) groups is 1. The zero-order valence-corrected chi connectivity index (χ0v) is 17.9. The lowest BCUT2D eigenvalue weighted by Gasteiger charge is -2.13. The van der Waals surface area contributed by atoms with Gasteiger partial charge in [0.25, 0.3) is 5.56 Å². The van der Waals surface area contributed by atoms with Gasteiger partial charge in [0.05, 0.1) is 30.4 Å². The molecule has 0 radical (unpaired) electrons. The molecule has 0 aliphatic carbocycles. The molecule has 0 saturated carbocycles. The number of nitrogens with zero attached hydrogens (tertiary/aromatic N) is 4. The number of fused-ring (bicyclic) bond motifs is 1. The number of nitrogens with one attached hydrogen (secondary N) is 1. The van der Waals surface area contributed by atoms with Gasteiger partial charge in [0, 0.05) is 5.39 Å². The van der Waals surface area contributed by atoms with E-state index in [1.807, 2.05) is 13.8 Å². The molecule has 9 heteroatoms. The van der Waals surface area contributed by atoms with Gasteiger partial charge in [0.2, 0.25) is 5.91 Å². The summed E-state index contributed by atoms with van der Waals surface area (Å²) in [6, 6.07) is 12.7. The van der Waals surface area contributed by atoms with Crippen molar-refractivity contribution < 1.29 is 13.9 Å². The van der Waals surface area contributed by atoms with Gasteiger partial charge in [-0.25, -0.2) is 13.8 Å². The minimum Gasteiger partial charge on any atom is -0.495 e. The highest BCUT2D eigenvalue weighted by atomic mass is 19.1. The van der Waals surface area contributed by atoms with Gasteiger partial charge >= 0.3 is 0 Å². The van der Waals surface area contributed by atoms with E-state index in [9.17, 15) is 14.0 Å². The molecule has 8 nitrogen and oxygen atoms in total. The molecule has 0 bridgehead atoms. The molecule has 1 N–H and O–H groups in total. The smallest absolute Gasteiger partial charge is 0.293 e. The van der Waals surface area contributed by atoms with E-state index in [1.54, 1.807) is 30.5 Å². The molecule has 0 spiro atoms. The largest absolute Gasteiger partial charge is 0.495 e. The minimum absolute atomic E-state index is 0.0208. The molecule has 0 unspecified atom stereocenters. The predicted molar refractivity (Wildman–Crippen MR) is 119 cm³/mol. The summed E-state index contributed by atoms with van der Waals surface area (Å²) in [6.45, 7) is 3.60. The summed E-state index contributed by atoms with van der Waals surface area (Å²) in [4.78, 5) is 26.0. The molecule has 0 fully saturated rings. The number of carbonyl (C=O) groups excluding carboxylic acids is 1. The molecule has 2 heterocycles. The minimum atomic E-state index is -0.471. The van der Waals surface area contributed by atoms with Crippen molar-refractivity contribution in [3.8, 4) is 11.4 Å². The number of hydrogen-bond donors (Lipinski definition) is 1. The van der Waals surface area contributed by atoms with E-state index in [-0.39, 0.29) is 23.8 Å². The summed E-state index contributed by atoms with van der Waals surface area (Å²) in [5.74, 6) is -0.326. The molecule has 0 aliphatic rings. The Hall–Kier alpha value is -4.01. The van der Waals surface area contributed by atoms with E-state index in [0.717, 1.165) is 4.68 Å². The first-order valence-corrected chi connectivity index (χ1v) is 10.1. The van der Waals surface area contributed by atoms with Crippen LogP contribution in [0.2, 0.25) is 0 Å². The summed E-state index contributed by atoms with van der Waals surface area (Å²) in [5, 5.41) is 12.1. The fourth-order valence-corrected chi connectivity index (χ4v) is 3.48. The van der Waals surface area contributed by atoms with Crippen LogP contribution in [0, 0.1) is 5.82 Å². The van der Waals surface area contributed by atoms with Gasteiger partial charge in [0.1, 0.15) is 23.6 Å². The van der Waals surface area contributed by atoms with Crippen molar-refractivity contribution in [1.82, 2.24) is 19.6 Å². The van der Waals surface area contributed by atoms with Gasteiger partial charge in [-0.15, -0.1) is 0 Å². The normalized spacial score (nSPS) is 11.2. The standard InChI is InChI=1S/C23H22FN5O3/c1-14(2)21-17-12-25-29(16-10-8-15(24)9-11-16)22(17)23(31)28(27-21)13-20(30)26-18-6-4-5-7-19(18)32-3/h4-12,14H,13H2,1-3H3,(H,26,30). The molecule has 4 aromatic rings. The van der Waals surface area contributed by atoms with Gasteiger partial charge in [0.15, 0.2) is 0 Å². The maximum Gasteiger partial charge on any atom is 0.293 e. The lowest BCUT2D eigenvalue weighted by molar-refractivity contribution is -0.117. The topological polar surface area (TPSA) is 91.0 Å². The number of halogens is 1. The summed E-state index contributed by atoms with van der Waals surface area (Å²) < 4.78 is 21.2. The number of anilines is 1. The zero-order valence-electron chi connectivity index (χ0n) is 17.9. The summed E-state index contributed by atoms with van der Waals surface area (Å²) in [5.41, 5.74) is 1.47. The molecule has 0 saturated heterocycles. The van der Waals surface area contributed by atoms with E-state index in [0.29, 0.717) is 28.2 Å². The summed E-state index contributed by atoms with van der Waals surface area (Å²) in [6.07, 6.45) is 1.57. The highest BCUT2D eigenvalue weighted by Crippen LogP contribution is 2.24. The van der Waals surface area contributed by atoms with E-state index in [2.05, 4.69) is 15.5 Å². The highest BCUT2D eigenvalue weighted by Gasteiger charge is 2.20. The monoisotopic (exact) mass is 435 g/mol. The van der Waals surface area contributed by atoms with Gasteiger partial charge in [-0.05, 0) is 42.3 Å². The molecular formula is C23H22FN5O3. The van der Waals surface area contributed by atoms with Crippen molar-refractivity contribution >= 4 is 22.5 Å². The maximum absolute atomic E-state index is 13.4. The second kappa shape index (κ2) is 8.62. The average Bonchev–Trinajstić information content (AvgIpc) is 3.22. The molecule has 4 rings (SSSR count). The first-order chi connectivity index (χ1) is 15.4. The predicted octanol–water partition coefficient (Wildman–Crippen LogP) is 3.49. The number of amides is 1. The molecule has 2 aromatic carbocycles. The quantitative estimate of drug-likeness (QED) is 0.501. The van der Waals surface area contributed by atoms with Crippen LogP contribution in [-0.4, -0.2) is 32.6 Å². The van der Waals surface area contributed by atoms with Crippen LogP contribution in [0.3, 0.4) is 0 Å². The van der Waals surface area contributed by atoms with Crippen molar-refractivity contribution in [1.29, 1.82) is 0 Å². The second-order valence-electron chi connectivity index (χ2n) is 7.55. The van der Waals surface area contributed by atoms with Crippen LogP contribution in [0.1, 0.15) is 25.5 Å². The van der Waals surface area contributed by atoms with Gasteiger partial charge < -0.3 is 10.1 Å². The Morgan fingerprint density at radius 1 is 1.16 bits per heavy atom. The van der Waals surface area contributed by atoms with Crippen molar-refractivity contribution in [2.24, 2.45) is 0 Å². The Morgan fingerprint density at radius 3 is 2.56 bits per heavy atom. The third-order valence-corrected chi connectivity index (χ3v) is 5.00. The van der Waals surface area contributed by atoms with Crippen LogP contribution in [0.25, 0.3) is 16.6 Å². The summed E-state index contributed by atoms with van der Waals surface area (Å²) >= 11 is 0. The average molecular weight is 435 g/mol. The molecule has 164 valence electrons. The molecular weight excluding hydrogens is 413 g/mol. The van der Waals surface area contributed by atoms with Gasteiger partial charge in [-0.1, -0.05) is 26.0 Å². The number of hydrogen-bond acceptors (Lipinski definition) is 5. The van der Waals surface area contributed by atoms with Crippen molar-refractivity contribution in [3.05, 3.63) is 76.6 Å². The van der Waals surface area contributed by atoms with Gasteiger partial charge in [-0.3, -0.25) is 9.59 Å². The van der Waals surface area contributed by atoms with Crippen LogP contribution >= 0.6 is 0 Å². The van der Waals surface area contributed by atoms with Crippen LogP contribution in [0.15, 0.2) is 59.5 Å². The number of para-hydroxylation sites is 2. The van der Waals surface area contributed by atoms with Crippen LogP contribution in [-0.2, 0) is 11.3 Å². The number of rotatable bonds is 6. The molecule has 32 heavy (non-hydrogen) atoms. The van der Waals surface area contributed by atoms with Crippen LogP contribution in [0.5, 0.6) is 5.75 Å². The SMILES string of the molecule is COc1ccccc1NC(=O)Cn1nc(C(C)C)c2cnn(-c3ccc(F)cc3)c2c1=O. The molecule has 2 aromatic heterocycles. The Kier molecular flexibility index (Phi) is 5.72. The highest BCUT2D eigenvalue weighted by molar-refractivity contribution is 5.92. The Bertz CT molecular complexity index is 1340. The Labute approximate surface area is 183 Å². The molecule has 1 amide bonds. The molecule has 0 atom stereocenters. The van der Waals surface area contributed by atoms with E-state index < -0.39 is 11.5 Å². The Balaban J connectivity index is 1.77. The number of benzene rings is 2. The van der Waals surface area contributed by atoms with Crippen molar-refractivity contribution in [3.63, 3.8) is 0 Å². The number of methoxy groups -OCH3 is 1. The third-order valence-electron chi connectivity index (χ3n) is 5.00. The second-order valence-corrected chi connectivity index (χ2v) is 7.55. The van der Waals surface area contributed by atoms with E-state index in [4.69, 9.17) is 4.74 Å². The third kappa shape index (κ3) is 3.96. The van der Waals surface area contributed by atoms with Gasteiger partial charge in [-0.2, -0.15) is 10.2 Å². The van der Waals surface area contributed by atoms with Crippen LogP contribution in [0.4, 0.5) is 10.1 Å². The number of aromatic nitrogens is 4. The lowest BCUT2D eigenvalue weighted by Crippen LogP contribution is -2.31. The van der Waals surface area contributed by atoms with Crippen LogP contribution < -0.4 is 15.6 Å². The fourth-order valence-electron chi connectivity index (χ4n) is 3.48. The van der Waals surface area contributed by atoms with Crippen molar-refractivity contribution in [2.45, 2.75) is 26.3 Å². The maximum atomic E-state index is 13.4. The first-order valence-electron chi connectivity index (χ1n) is 10.1. The van der Waals surface area contributed by atoms with E-state index >= 15 is 0 Å². The number of ether oxygens (including phenoxy) is 1.